The van der Waals surface area contributed by atoms with Crippen LogP contribution in [0.3, 0.4) is 0 Å². The molecule has 0 aliphatic heterocycles. The van der Waals surface area contributed by atoms with E-state index in [1.807, 2.05) is 11.9 Å². The highest BCUT2D eigenvalue weighted by Crippen LogP contribution is 2.40. The molecule has 0 unspecified atom stereocenters. The second-order valence-electron chi connectivity index (χ2n) is 4.35. The van der Waals surface area contributed by atoms with E-state index in [0.29, 0.717) is 23.8 Å². The zero-order valence-electron chi connectivity index (χ0n) is 7.92. The number of nitrogens with zero attached hydrogens (tertiary/aromatic N) is 1. The summed E-state index contributed by atoms with van der Waals surface area (Å²) >= 11 is 0. The predicted molar refractivity (Wildman–Crippen MR) is 47.7 cm³/mol. The Morgan fingerprint density at radius 3 is 2.33 bits per heavy atom. The first-order valence-corrected chi connectivity index (χ1v) is 4.97. The topological polar surface area (TPSA) is 20.3 Å². The first-order chi connectivity index (χ1) is 5.70. The van der Waals surface area contributed by atoms with E-state index in [2.05, 4.69) is 6.92 Å². The summed E-state index contributed by atoms with van der Waals surface area (Å²) in [5.41, 5.74) is 0. The Hall–Kier alpha value is -0.530. The van der Waals surface area contributed by atoms with Gasteiger partial charge in [-0.1, -0.05) is 6.92 Å². The standard InChI is InChI=1S/C10H17NO/c1-7-6-9(7)10(12)11(2)8-4-3-5-8/h7-9H,3-6H2,1-2H3/t7-,9-/m0/s1. The fourth-order valence-corrected chi connectivity index (χ4v) is 1.88. The van der Waals surface area contributed by atoms with Crippen LogP contribution in [0.5, 0.6) is 0 Å². The molecule has 0 bridgehead atoms. The third kappa shape index (κ3) is 1.23. The molecule has 2 nitrogen and oxygen atoms in total. The van der Waals surface area contributed by atoms with E-state index < -0.39 is 0 Å². The van der Waals surface area contributed by atoms with E-state index in [1.165, 1.54) is 19.3 Å². The molecule has 0 spiro atoms. The highest BCUT2D eigenvalue weighted by molar-refractivity contribution is 5.81. The molecular formula is C10H17NO. The van der Waals surface area contributed by atoms with Gasteiger partial charge in [0.2, 0.25) is 5.91 Å². The minimum Gasteiger partial charge on any atom is -0.343 e. The monoisotopic (exact) mass is 167 g/mol. The van der Waals surface area contributed by atoms with Gasteiger partial charge in [0.15, 0.2) is 0 Å². The molecule has 2 fully saturated rings. The summed E-state index contributed by atoms with van der Waals surface area (Å²) in [6, 6.07) is 0.574. The van der Waals surface area contributed by atoms with Crippen molar-refractivity contribution in [1.29, 1.82) is 0 Å². The van der Waals surface area contributed by atoms with Crippen molar-refractivity contribution >= 4 is 5.91 Å². The highest BCUT2D eigenvalue weighted by Gasteiger charge is 2.42. The molecular weight excluding hydrogens is 150 g/mol. The van der Waals surface area contributed by atoms with Crippen molar-refractivity contribution in [3.8, 4) is 0 Å². The van der Waals surface area contributed by atoms with Gasteiger partial charge < -0.3 is 4.90 Å². The molecule has 2 atom stereocenters. The van der Waals surface area contributed by atoms with Crippen LogP contribution in [0.4, 0.5) is 0 Å². The van der Waals surface area contributed by atoms with E-state index in [-0.39, 0.29) is 0 Å². The van der Waals surface area contributed by atoms with Gasteiger partial charge in [0.25, 0.3) is 0 Å². The minimum atomic E-state index is 0.371. The summed E-state index contributed by atoms with van der Waals surface area (Å²) in [5.74, 6) is 1.42. The van der Waals surface area contributed by atoms with Crippen molar-refractivity contribution < 1.29 is 4.79 Å². The lowest BCUT2D eigenvalue weighted by Crippen LogP contribution is -2.42. The van der Waals surface area contributed by atoms with Crippen LogP contribution < -0.4 is 0 Å². The van der Waals surface area contributed by atoms with Crippen molar-refractivity contribution in [2.24, 2.45) is 11.8 Å². The molecule has 2 saturated carbocycles. The van der Waals surface area contributed by atoms with Gasteiger partial charge in [-0.3, -0.25) is 4.79 Å². The summed E-state index contributed by atoms with van der Waals surface area (Å²) in [6.45, 7) is 2.16. The number of carbonyl (C=O) groups excluding carboxylic acids is 1. The molecule has 2 aliphatic carbocycles. The van der Waals surface area contributed by atoms with E-state index in [0.717, 1.165) is 6.42 Å². The smallest absolute Gasteiger partial charge is 0.225 e. The van der Waals surface area contributed by atoms with Gasteiger partial charge >= 0.3 is 0 Å². The average Bonchev–Trinajstić information content (AvgIpc) is 2.61. The zero-order chi connectivity index (χ0) is 8.72. The van der Waals surface area contributed by atoms with Gasteiger partial charge in [-0.2, -0.15) is 0 Å². The number of carbonyl (C=O) groups is 1. The maximum absolute atomic E-state index is 11.7. The van der Waals surface area contributed by atoms with Gasteiger partial charge in [0.1, 0.15) is 0 Å². The second-order valence-corrected chi connectivity index (χ2v) is 4.35. The first-order valence-electron chi connectivity index (χ1n) is 4.97. The van der Waals surface area contributed by atoms with Crippen molar-refractivity contribution in [3.05, 3.63) is 0 Å². The van der Waals surface area contributed by atoms with E-state index in [9.17, 15) is 4.79 Å². The van der Waals surface area contributed by atoms with Gasteiger partial charge in [0, 0.05) is 19.0 Å². The fraction of sp³-hybridized carbons (Fsp3) is 0.900. The van der Waals surface area contributed by atoms with Crippen LogP contribution in [-0.2, 0) is 4.79 Å². The molecule has 2 heteroatoms. The molecule has 0 saturated heterocycles. The SMILES string of the molecule is C[C@H]1C[C@@H]1C(=O)N(C)C1CCC1. The van der Waals surface area contributed by atoms with Crippen molar-refractivity contribution in [3.63, 3.8) is 0 Å². The Morgan fingerprint density at radius 1 is 1.42 bits per heavy atom. The van der Waals surface area contributed by atoms with Crippen LogP contribution in [-0.4, -0.2) is 23.9 Å². The van der Waals surface area contributed by atoms with E-state index in [4.69, 9.17) is 0 Å². The van der Waals surface area contributed by atoms with Crippen LogP contribution >= 0.6 is 0 Å². The lowest BCUT2D eigenvalue weighted by molar-refractivity contribution is -0.135. The zero-order valence-corrected chi connectivity index (χ0v) is 7.92. The second kappa shape index (κ2) is 2.75. The summed E-state index contributed by atoms with van der Waals surface area (Å²) in [7, 11) is 1.97. The normalized spacial score (nSPS) is 34.2. The van der Waals surface area contributed by atoms with Crippen molar-refractivity contribution in [2.45, 2.75) is 38.6 Å². The van der Waals surface area contributed by atoms with Crippen LogP contribution in [0, 0.1) is 11.8 Å². The first kappa shape index (κ1) is 8.09. The quantitative estimate of drug-likeness (QED) is 0.612. The summed E-state index contributed by atoms with van der Waals surface area (Å²) in [5, 5.41) is 0. The Bertz CT molecular complexity index is 198. The van der Waals surface area contributed by atoms with Gasteiger partial charge in [0.05, 0.1) is 0 Å². The molecule has 68 valence electrons. The summed E-state index contributed by atoms with van der Waals surface area (Å²) in [6.07, 6.45) is 4.88. The third-order valence-corrected chi connectivity index (χ3v) is 3.40. The lowest BCUT2D eigenvalue weighted by atomic mass is 9.91. The Kier molecular flexibility index (Phi) is 1.85. The largest absolute Gasteiger partial charge is 0.343 e. The molecule has 12 heavy (non-hydrogen) atoms. The van der Waals surface area contributed by atoms with Crippen molar-refractivity contribution in [2.75, 3.05) is 7.05 Å². The van der Waals surface area contributed by atoms with Gasteiger partial charge in [-0.25, -0.2) is 0 Å². The number of amides is 1. The lowest BCUT2D eigenvalue weighted by Gasteiger charge is -2.34. The number of hydrogen-bond donors (Lipinski definition) is 0. The number of hydrogen-bond acceptors (Lipinski definition) is 1. The highest BCUT2D eigenvalue weighted by atomic mass is 16.2. The molecule has 2 aliphatic rings. The van der Waals surface area contributed by atoms with Gasteiger partial charge in [-0.15, -0.1) is 0 Å². The molecule has 1 amide bonds. The predicted octanol–water partition coefficient (Wildman–Crippen LogP) is 1.65. The maximum atomic E-state index is 11.7. The summed E-state index contributed by atoms with van der Waals surface area (Å²) in [4.78, 5) is 13.7. The number of rotatable bonds is 2. The minimum absolute atomic E-state index is 0.371. The molecule has 2 rings (SSSR count). The van der Waals surface area contributed by atoms with Crippen LogP contribution in [0.25, 0.3) is 0 Å². The van der Waals surface area contributed by atoms with Crippen LogP contribution in [0.15, 0.2) is 0 Å². The Morgan fingerprint density at radius 2 is 2.00 bits per heavy atom. The van der Waals surface area contributed by atoms with E-state index in [1.54, 1.807) is 0 Å². The Labute approximate surface area is 73.9 Å². The molecule has 0 heterocycles. The van der Waals surface area contributed by atoms with Crippen LogP contribution in [0.1, 0.15) is 32.6 Å². The van der Waals surface area contributed by atoms with Crippen molar-refractivity contribution in [1.82, 2.24) is 4.90 Å². The average molecular weight is 167 g/mol. The molecule has 0 aromatic rings. The molecule has 0 radical (unpaired) electrons. The maximum Gasteiger partial charge on any atom is 0.225 e. The Balaban J connectivity index is 1.86. The fourth-order valence-electron chi connectivity index (χ4n) is 1.88. The summed E-state index contributed by atoms with van der Waals surface area (Å²) < 4.78 is 0. The van der Waals surface area contributed by atoms with Gasteiger partial charge in [-0.05, 0) is 31.6 Å². The molecule has 0 N–H and O–H groups in total. The third-order valence-electron chi connectivity index (χ3n) is 3.40. The molecule has 0 aromatic carbocycles. The van der Waals surface area contributed by atoms with Crippen LogP contribution in [0.2, 0.25) is 0 Å². The molecule has 0 aromatic heterocycles. The van der Waals surface area contributed by atoms with E-state index >= 15 is 0 Å².